The van der Waals surface area contributed by atoms with Crippen LogP contribution < -0.4 is 4.72 Å². The van der Waals surface area contributed by atoms with Crippen LogP contribution >= 0.6 is 15.9 Å². The van der Waals surface area contributed by atoms with E-state index in [1.807, 2.05) is 0 Å². The van der Waals surface area contributed by atoms with Gasteiger partial charge in [-0.1, -0.05) is 21.9 Å². The molecule has 1 rings (SSSR count). The number of carbonyl (C=O) groups is 1. The molecule has 1 aromatic rings. The minimum atomic E-state index is -3.93. The predicted octanol–water partition coefficient (Wildman–Crippen LogP) is 2.15. The molecule has 0 bridgehead atoms. The summed E-state index contributed by atoms with van der Waals surface area (Å²) in [5.74, 6) is 1.11. The van der Waals surface area contributed by atoms with Gasteiger partial charge < -0.3 is 5.11 Å². The lowest BCUT2D eigenvalue weighted by Crippen LogP contribution is -2.42. The summed E-state index contributed by atoms with van der Waals surface area (Å²) < 4.78 is 27.4. The van der Waals surface area contributed by atoms with Gasteiger partial charge in [0.15, 0.2) is 0 Å². The Labute approximate surface area is 126 Å². The Hall–Kier alpha value is -1.36. The van der Waals surface area contributed by atoms with Crippen molar-refractivity contribution in [3.8, 4) is 12.3 Å². The van der Waals surface area contributed by atoms with E-state index in [0.29, 0.717) is 10.0 Å². The Bertz CT molecular complexity index is 702. The second-order valence-corrected chi connectivity index (χ2v) is 7.27. The fourth-order valence-electron chi connectivity index (χ4n) is 1.48. The van der Waals surface area contributed by atoms with Crippen molar-refractivity contribution in [1.82, 2.24) is 4.72 Å². The number of rotatable bonds is 4. The first kappa shape index (κ1) is 16.7. The van der Waals surface area contributed by atoms with Gasteiger partial charge in [0, 0.05) is 4.47 Å². The average Bonchev–Trinajstić information content (AvgIpc) is 2.30. The van der Waals surface area contributed by atoms with E-state index in [4.69, 9.17) is 11.5 Å². The van der Waals surface area contributed by atoms with Crippen LogP contribution in [0.2, 0.25) is 0 Å². The zero-order chi connectivity index (χ0) is 15.7. The molecule has 2 N–H and O–H groups in total. The smallest absolute Gasteiger partial charge is 0.335 e. The maximum Gasteiger partial charge on any atom is 0.335 e. The van der Waals surface area contributed by atoms with E-state index in [2.05, 4.69) is 26.6 Å². The van der Waals surface area contributed by atoms with Crippen LogP contribution in [0.3, 0.4) is 0 Å². The molecular weight excluding hydrogens is 346 g/mol. The van der Waals surface area contributed by atoms with Crippen molar-refractivity contribution in [2.75, 3.05) is 0 Å². The van der Waals surface area contributed by atoms with E-state index in [1.165, 1.54) is 19.9 Å². The Balaban J connectivity index is 3.47. The number of benzene rings is 1. The maximum atomic E-state index is 12.3. The first-order valence-electron chi connectivity index (χ1n) is 5.55. The zero-order valence-electron chi connectivity index (χ0n) is 11.2. The Morgan fingerprint density at radius 1 is 1.45 bits per heavy atom. The van der Waals surface area contributed by atoms with Crippen molar-refractivity contribution in [2.45, 2.75) is 31.2 Å². The SMILES string of the molecule is C#CC(C)(C)NS(=O)(=O)c1cc(C(=O)O)cc(Br)c1C. The molecule has 108 valence electrons. The van der Waals surface area contributed by atoms with Gasteiger partial charge in [-0.3, -0.25) is 0 Å². The quantitative estimate of drug-likeness (QED) is 0.806. The average molecular weight is 360 g/mol. The van der Waals surface area contributed by atoms with Gasteiger partial charge in [0.05, 0.1) is 16.0 Å². The van der Waals surface area contributed by atoms with Crippen LogP contribution in [0.5, 0.6) is 0 Å². The lowest BCUT2D eigenvalue weighted by Gasteiger charge is -2.20. The molecule has 1 aromatic carbocycles. The van der Waals surface area contributed by atoms with Crippen LogP contribution in [0, 0.1) is 19.3 Å². The van der Waals surface area contributed by atoms with Gasteiger partial charge in [-0.2, -0.15) is 4.72 Å². The maximum absolute atomic E-state index is 12.3. The van der Waals surface area contributed by atoms with Crippen molar-refractivity contribution >= 4 is 31.9 Å². The highest BCUT2D eigenvalue weighted by Crippen LogP contribution is 2.26. The van der Waals surface area contributed by atoms with Crippen LogP contribution in [-0.2, 0) is 10.0 Å². The van der Waals surface area contributed by atoms with Gasteiger partial charge in [0.25, 0.3) is 0 Å². The number of sulfonamides is 1. The monoisotopic (exact) mass is 359 g/mol. The van der Waals surface area contributed by atoms with E-state index >= 15 is 0 Å². The van der Waals surface area contributed by atoms with Crippen molar-refractivity contribution < 1.29 is 18.3 Å². The third-order valence-electron chi connectivity index (χ3n) is 2.58. The molecule has 0 aromatic heterocycles. The van der Waals surface area contributed by atoms with Gasteiger partial charge in [-0.25, -0.2) is 13.2 Å². The number of terminal acetylenes is 1. The summed E-state index contributed by atoms with van der Waals surface area (Å²) in [4.78, 5) is 10.9. The summed E-state index contributed by atoms with van der Waals surface area (Å²) >= 11 is 3.16. The topological polar surface area (TPSA) is 83.5 Å². The molecular formula is C13H14BrNO4S. The van der Waals surface area contributed by atoms with E-state index in [0.717, 1.165) is 6.07 Å². The molecule has 0 radical (unpaired) electrons. The third kappa shape index (κ3) is 3.60. The number of hydrogen-bond acceptors (Lipinski definition) is 3. The van der Waals surface area contributed by atoms with Gasteiger partial charge >= 0.3 is 5.97 Å². The molecule has 7 heteroatoms. The van der Waals surface area contributed by atoms with E-state index in [-0.39, 0.29) is 10.5 Å². The molecule has 5 nitrogen and oxygen atoms in total. The fraction of sp³-hybridized carbons (Fsp3) is 0.308. The zero-order valence-corrected chi connectivity index (χ0v) is 13.6. The first-order valence-corrected chi connectivity index (χ1v) is 7.83. The largest absolute Gasteiger partial charge is 0.478 e. The molecule has 0 aliphatic heterocycles. The highest BCUT2D eigenvalue weighted by atomic mass is 79.9. The molecule has 0 spiro atoms. The molecule has 0 fully saturated rings. The van der Waals surface area contributed by atoms with Gasteiger partial charge in [-0.15, -0.1) is 6.42 Å². The van der Waals surface area contributed by atoms with Crippen molar-refractivity contribution in [1.29, 1.82) is 0 Å². The van der Waals surface area contributed by atoms with Crippen LogP contribution in [0.25, 0.3) is 0 Å². The van der Waals surface area contributed by atoms with Crippen LogP contribution in [-0.4, -0.2) is 25.0 Å². The standard InChI is InChI=1S/C13H14BrNO4S/c1-5-13(3,4)15-20(18,19)11-7-9(12(16)17)6-10(14)8(11)2/h1,6-7,15H,2-4H3,(H,16,17). The van der Waals surface area contributed by atoms with Gasteiger partial charge in [-0.05, 0) is 38.5 Å². The molecule has 0 aliphatic rings. The number of carboxylic acid groups (broad SMARTS) is 1. The molecule has 0 aliphatic carbocycles. The first-order chi connectivity index (χ1) is 9.00. The lowest BCUT2D eigenvalue weighted by molar-refractivity contribution is 0.0696. The number of aromatic carboxylic acids is 1. The third-order valence-corrected chi connectivity index (χ3v) is 5.19. The molecule has 0 saturated carbocycles. The number of nitrogens with one attached hydrogen (secondary N) is 1. The summed E-state index contributed by atoms with van der Waals surface area (Å²) in [5, 5.41) is 9.00. The molecule has 0 amide bonds. The van der Waals surface area contributed by atoms with Crippen LogP contribution in [0.1, 0.15) is 29.8 Å². The Morgan fingerprint density at radius 3 is 2.45 bits per heavy atom. The van der Waals surface area contributed by atoms with E-state index in [1.54, 1.807) is 6.92 Å². The predicted molar refractivity (Wildman–Crippen MR) is 79.1 cm³/mol. The minimum Gasteiger partial charge on any atom is -0.478 e. The second kappa shape index (κ2) is 5.56. The second-order valence-electron chi connectivity index (χ2n) is 4.76. The van der Waals surface area contributed by atoms with E-state index in [9.17, 15) is 13.2 Å². The molecule has 0 unspecified atom stereocenters. The summed E-state index contributed by atoms with van der Waals surface area (Å²) in [6.07, 6.45) is 5.26. The van der Waals surface area contributed by atoms with E-state index < -0.39 is 21.5 Å². The molecule has 0 saturated heterocycles. The molecule has 20 heavy (non-hydrogen) atoms. The van der Waals surface area contributed by atoms with Crippen molar-refractivity contribution in [2.24, 2.45) is 0 Å². The summed E-state index contributed by atoms with van der Waals surface area (Å²) in [5.41, 5.74) is -0.784. The summed E-state index contributed by atoms with van der Waals surface area (Å²) in [7, 11) is -3.93. The van der Waals surface area contributed by atoms with Gasteiger partial charge in [0.1, 0.15) is 0 Å². The van der Waals surface area contributed by atoms with Crippen molar-refractivity contribution in [3.63, 3.8) is 0 Å². The Kier molecular flexibility index (Phi) is 4.64. The molecule has 0 heterocycles. The lowest BCUT2D eigenvalue weighted by atomic mass is 10.1. The highest BCUT2D eigenvalue weighted by molar-refractivity contribution is 9.10. The normalized spacial score (nSPS) is 11.9. The number of carboxylic acids is 1. The fourth-order valence-corrected chi connectivity index (χ4v) is 3.70. The molecule has 0 atom stereocenters. The Morgan fingerprint density at radius 2 is 2.00 bits per heavy atom. The number of halogens is 1. The van der Waals surface area contributed by atoms with Crippen LogP contribution in [0.15, 0.2) is 21.5 Å². The highest BCUT2D eigenvalue weighted by Gasteiger charge is 2.27. The summed E-state index contributed by atoms with van der Waals surface area (Å²) in [6, 6.07) is 2.46. The minimum absolute atomic E-state index is 0.118. The summed E-state index contributed by atoms with van der Waals surface area (Å²) in [6.45, 7) is 4.65. The number of hydrogen-bond donors (Lipinski definition) is 2. The van der Waals surface area contributed by atoms with Gasteiger partial charge in [0.2, 0.25) is 10.0 Å². The van der Waals surface area contributed by atoms with Crippen molar-refractivity contribution in [3.05, 3.63) is 27.7 Å². The van der Waals surface area contributed by atoms with Crippen LogP contribution in [0.4, 0.5) is 0 Å².